The number of nitrogens with one attached hydrogen (secondary N) is 1. The van der Waals surface area contributed by atoms with Gasteiger partial charge in [0.15, 0.2) is 0 Å². The molecule has 0 spiro atoms. The number of hydrogen-bond donors (Lipinski definition) is 2. The van der Waals surface area contributed by atoms with Crippen molar-refractivity contribution in [3.8, 4) is 11.1 Å². The maximum atomic E-state index is 9.69. The Bertz CT molecular complexity index is 810. The molecule has 3 heteroatoms. The first-order valence-electron chi connectivity index (χ1n) is 7.70. The van der Waals surface area contributed by atoms with E-state index in [0.717, 1.165) is 39.9 Å². The van der Waals surface area contributed by atoms with Crippen LogP contribution in [-0.4, -0.2) is 16.7 Å². The second-order valence-electron chi connectivity index (χ2n) is 6.27. The third kappa shape index (κ3) is 2.06. The molecular formula is C19H18ClNO. The number of aliphatic hydroxyl groups excluding tert-OH is 1. The van der Waals surface area contributed by atoms with Gasteiger partial charge in [-0.1, -0.05) is 42.3 Å². The Kier molecular flexibility index (Phi) is 3.24. The maximum Gasteiger partial charge on any atom is 0.0527 e. The highest BCUT2D eigenvalue weighted by Crippen LogP contribution is 2.44. The van der Waals surface area contributed by atoms with Crippen molar-refractivity contribution in [2.75, 3.05) is 6.61 Å². The average molecular weight is 312 g/mol. The van der Waals surface area contributed by atoms with Crippen molar-refractivity contribution in [2.24, 2.45) is 0 Å². The van der Waals surface area contributed by atoms with E-state index in [1.165, 1.54) is 12.0 Å². The molecule has 0 aliphatic heterocycles. The van der Waals surface area contributed by atoms with Gasteiger partial charge in [-0.25, -0.2) is 0 Å². The zero-order valence-electron chi connectivity index (χ0n) is 12.3. The Balaban J connectivity index is 1.74. The van der Waals surface area contributed by atoms with Crippen molar-refractivity contribution < 1.29 is 5.11 Å². The number of aliphatic hydroxyl groups is 1. The van der Waals surface area contributed by atoms with Gasteiger partial charge in [0.1, 0.15) is 0 Å². The number of aromatic amines is 1. The van der Waals surface area contributed by atoms with Crippen LogP contribution in [0.5, 0.6) is 0 Å². The molecule has 0 unspecified atom stereocenters. The van der Waals surface area contributed by atoms with Crippen LogP contribution >= 0.6 is 11.6 Å². The van der Waals surface area contributed by atoms with Gasteiger partial charge >= 0.3 is 0 Å². The van der Waals surface area contributed by atoms with Crippen molar-refractivity contribution in [2.45, 2.75) is 24.7 Å². The largest absolute Gasteiger partial charge is 0.395 e. The first-order valence-corrected chi connectivity index (χ1v) is 8.08. The fourth-order valence-electron chi connectivity index (χ4n) is 3.44. The van der Waals surface area contributed by atoms with E-state index >= 15 is 0 Å². The number of H-pyrrole nitrogens is 1. The van der Waals surface area contributed by atoms with E-state index in [9.17, 15) is 5.11 Å². The number of rotatable bonds is 3. The van der Waals surface area contributed by atoms with E-state index in [-0.39, 0.29) is 12.0 Å². The van der Waals surface area contributed by atoms with Gasteiger partial charge in [-0.2, -0.15) is 0 Å². The number of aromatic nitrogens is 1. The van der Waals surface area contributed by atoms with Gasteiger partial charge in [-0.3, -0.25) is 0 Å². The highest BCUT2D eigenvalue weighted by Gasteiger charge is 2.37. The zero-order valence-corrected chi connectivity index (χ0v) is 13.0. The first kappa shape index (κ1) is 13.9. The molecule has 1 saturated carbocycles. The molecule has 1 heterocycles. The predicted molar refractivity (Wildman–Crippen MR) is 91.4 cm³/mol. The van der Waals surface area contributed by atoms with Crippen LogP contribution in [0.2, 0.25) is 5.02 Å². The summed E-state index contributed by atoms with van der Waals surface area (Å²) in [7, 11) is 0. The summed E-state index contributed by atoms with van der Waals surface area (Å²) < 4.78 is 0. The van der Waals surface area contributed by atoms with Crippen LogP contribution in [0.1, 0.15) is 24.8 Å². The Labute approximate surface area is 134 Å². The average Bonchev–Trinajstić information content (AvgIpc) is 2.94. The third-order valence-electron chi connectivity index (χ3n) is 5.06. The Morgan fingerprint density at radius 1 is 1.09 bits per heavy atom. The molecule has 2 N–H and O–H groups in total. The zero-order chi connectivity index (χ0) is 15.2. The second kappa shape index (κ2) is 5.15. The molecule has 0 saturated heterocycles. The first-order chi connectivity index (χ1) is 10.7. The summed E-state index contributed by atoms with van der Waals surface area (Å²) in [6.07, 6.45) is 5.30. The van der Waals surface area contributed by atoms with Crippen molar-refractivity contribution >= 4 is 22.5 Å². The molecule has 3 aromatic rings. The number of fused-ring (bicyclic) bond motifs is 1. The molecular weight excluding hydrogens is 294 g/mol. The maximum absolute atomic E-state index is 9.69. The van der Waals surface area contributed by atoms with E-state index in [1.807, 2.05) is 12.3 Å². The highest BCUT2D eigenvalue weighted by atomic mass is 35.5. The van der Waals surface area contributed by atoms with Crippen LogP contribution in [0.25, 0.3) is 22.0 Å². The van der Waals surface area contributed by atoms with Crippen molar-refractivity contribution in [1.82, 2.24) is 4.98 Å². The molecule has 0 bridgehead atoms. The fraction of sp³-hybridized carbons (Fsp3) is 0.263. The summed E-state index contributed by atoms with van der Waals surface area (Å²) in [5, 5.41) is 11.6. The molecule has 112 valence electrons. The molecule has 2 nitrogen and oxygen atoms in total. The van der Waals surface area contributed by atoms with E-state index in [0.29, 0.717) is 0 Å². The van der Waals surface area contributed by atoms with Gasteiger partial charge in [0.25, 0.3) is 0 Å². The minimum absolute atomic E-state index is 0.00703. The standard InChI is InChI=1S/C19H18ClNO/c20-17-11-18-14(6-9-21-18)10-16(17)13-2-4-15(5-3-13)19(12-22)7-1-8-19/h2-6,9-11,21-22H,1,7-8,12H2. The SMILES string of the molecule is OCC1(c2ccc(-c3cc4cc[nH]c4cc3Cl)cc2)CCC1. The number of benzene rings is 2. The molecule has 1 aliphatic rings. The van der Waals surface area contributed by atoms with Crippen LogP contribution in [0, 0.1) is 0 Å². The molecule has 2 aromatic carbocycles. The summed E-state index contributed by atoms with van der Waals surface area (Å²) in [5.41, 5.74) is 4.45. The van der Waals surface area contributed by atoms with E-state index in [4.69, 9.17) is 11.6 Å². The molecule has 1 fully saturated rings. The third-order valence-corrected chi connectivity index (χ3v) is 5.38. The van der Waals surface area contributed by atoms with E-state index in [1.54, 1.807) is 0 Å². The van der Waals surface area contributed by atoms with Crippen LogP contribution in [0.15, 0.2) is 48.7 Å². The topological polar surface area (TPSA) is 36.0 Å². The quantitative estimate of drug-likeness (QED) is 0.709. The summed E-state index contributed by atoms with van der Waals surface area (Å²) >= 11 is 6.43. The van der Waals surface area contributed by atoms with Crippen LogP contribution in [-0.2, 0) is 5.41 Å². The van der Waals surface area contributed by atoms with Crippen molar-refractivity contribution in [3.05, 3.63) is 59.2 Å². The van der Waals surface area contributed by atoms with Crippen molar-refractivity contribution in [3.63, 3.8) is 0 Å². The summed E-state index contributed by atoms with van der Waals surface area (Å²) in [6, 6.07) is 14.7. The lowest BCUT2D eigenvalue weighted by Gasteiger charge is -2.41. The van der Waals surface area contributed by atoms with Crippen LogP contribution in [0.4, 0.5) is 0 Å². The van der Waals surface area contributed by atoms with Gasteiger partial charge < -0.3 is 10.1 Å². The lowest BCUT2D eigenvalue weighted by Crippen LogP contribution is -2.37. The van der Waals surface area contributed by atoms with Gasteiger partial charge in [0, 0.05) is 28.1 Å². The molecule has 22 heavy (non-hydrogen) atoms. The second-order valence-corrected chi connectivity index (χ2v) is 6.67. The lowest BCUT2D eigenvalue weighted by atomic mass is 9.65. The Morgan fingerprint density at radius 2 is 1.86 bits per heavy atom. The van der Waals surface area contributed by atoms with E-state index < -0.39 is 0 Å². The number of halogens is 1. The van der Waals surface area contributed by atoms with Crippen molar-refractivity contribution in [1.29, 1.82) is 0 Å². The van der Waals surface area contributed by atoms with Gasteiger partial charge in [-0.05, 0) is 42.2 Å². The number of hydrogen-bond acceptors (Lipinski definition) is 1. The fourth-order valence-corrected chi connectivity index (χ4v) is 3.71. The Morgan fingerprint density at radius 3 is 2.50 bits per heavy atom. The predicted octanol–water partition coefficient (Wildman–Crippen LogP) is 4.90. The molecule has 1 aliphatic carbocycles. The molecule has 0 radical (unpaired) electrons. The van der Waals surface area contributed by atoms with E-state index in [2.05, 4.69) is 41.4 Å². The normalized spacial score (nSPS) is 16.6. The van der Waals surface area contributed by atoms with Crippen LogP contribution in [0.3, 0.4) is 0 Å². The molecule has 0 atom stereocenters. The highest BCUT2D eigenvalue weighted by molar-refractivity contribution is 6.34. The lowest BCUT2D eigenvalue weighted by molar-refractivity contribution is 0.120. The van der Waals surface area contributed by atoms with Crippen LogP contribution < -0.4 is 0 Å². The summed E-state index contributed by atoms with van der Waals surface area (Å²) in [4.78, 5) is 3.18. The Hall–Kier alpha value is -1.77. The van der Waals surface area contributed by atoms with Gasteiger partial charge in [-0.15, -0.1) is 0 Å². The van der Waals surface area contributed by atoms with Gasteiger partial charge in [0.2, 0.25) is 0 Å². The molecule has 1 aromatic heterocycles. The summed E-state index contributed by atoms with van der Waals surface area (Å²) in [5.74, 6) is 0. The molecule has 4 rings (SSSR count). The minimum atomic E-state index is -0.00703. The van der Waals surface area contributed by atoms with Gasteiger partial charge in [0.05, 0.1) is 11.6 Å². The monoisotopic (exact) mass is 311 g/mol. The smallest absolute Gasteiger partial charge is 0.0527 e. The molecule has 0 amide bonds. The summed E-state index contributed by atoms with van der Waals surface area (Å²) in [6.45, 7) is 0.239. The minimum Gasteiger partial charge on any atom is -0.395 e.